The number of hydrogen-bond acceptors (Lipinski definition) is 3. The molecule has 0 aliphatic rings. The largest absolute Gasteiger partial charge is 0.493 e. The third-order valence-corrected chi connectivity index (χ3v) is 3.46. The summed E-state index contributed by atoms with van der Waals surface area (Å²) in [4.78, 5) is 12.1. The number of benzene rings is 1. The number of likely N-dealkylation sites (N-methyl/N-ethyl adjacent to an activating group) is 1. The number of ether oxygens (including phenoxy) is 1. The first-order valence-electron chi connectivity index (χ1n) is 5.35. The number of anilines is 1. The van der Waals surface area contributed by atoms with Gasteiger partial charge in [-0.1, -0.05) is 11.6 Å². The molecule has 0 heterocycles. The fourth-order valence-electron chi connectivity index (χ4n) is 1.25. The summed E-state index contributed by atoms with van der Waals surface area (Å²) in [5.41, 5.74) is -0.148. The molecular formula is C12H16BrClN2O2. The van der Waals surface area contributed by atoms with E-state index in [0.717, 1.165) is 0 Å². The molecule has 0 radical (unpaired) electrons. The summed E-state index contributed by atoms with van der Waals surface area (Å²) in [7, 11) is 3.26. The molecule has 0 aromatic heterocycles. The highest BCUT2D eigenvalue weighted by atomic mass is 79.9. The van der Waals surface area contributed by atoms with E-state index in [1.807, 2.05) is 0 Å². The normalized spacial score (nSPS) is 11.2. The molecule has 2 N–H and O–H groups in total. The second-order valence-electron chi connectivity index (χ2n) is 4.30. The van der Waals surface area contributed by atoms with Crippen molar-refractivity contribution >= 4 is 39.1 Å². The van der Waals surface area contributed by atoms with Crippen LogP contribution in [0.3, 0.4) is 0 Å². The van der Waals surface area contributed by atoms with Crippen LogP contribution in [-0.4, -0.2) is 25.6 Å². The van der Waals surface area contributed by atoms with Gasteiger partial charge in [0.1, 0.15) is 0 Å². The fourth-order valence-corrected chi connectivity index (χ4v) is 2.22. The van der Waals surface area contributed by atoms with Crippen LogP contribution in [-0.2, 0) is 4.79 Å². The van der Waals surface area contributed by atoms with Crippen molar-refractivity contribution in [3.8, 4) is 5.75 Å². The number of rotatable bonds is 4. The highest BCUT2D eigenvalue weighted by molar-refractivity contribution is 9.10. The van der Waals surface area contributed by atoms with Gasteiger partial charge in [-0.25, -0.2) is 0 Å². The molecule has 0 aliphatic carbocycles. The van der Waals surface area contributed by atoms with Gasteiger partial charge >= 0.3 is 0 Å². The molecule has 0 unspecified atom stereocenters. The molecule has 0 saturated carbocycles. The molecule has 0 saturated heterocycles. The SMILES string of the molecule is CNC(C)(C)C(=O)Nc1cc(Cl)cc(Br)c1OC. The number of amides is 1. The summed E-state index contributed by atoms with van der Waals surface area (Å²) in [5, 5.41) is 6.24. The number of methoxy groups -OCH3 is 1. The maximum Gasteiger partial charge on any atom is 0.244 e. The number of carbonyl (C=O) groups is 1. The van der Waals surface area contributed by atoms with Crippen molar-refractivity contribution in [2.24, 2.45) is 0 Å². The molecule has 0 atom stereocenters. The molecule has 1 aromatic carbocycles. The van der Waals surface area contributed by atoms with E-state index in [2.05, 4.69) is 26.6 Å². The Morgan fingerprint density at radius 1 is 1.44 bits per heavy atom. The van der Waals surface area contributed by atoms with Crippen molar-refractivity contribution < 1.29 is 9.53 Å². The highest BCUT2D eigenvalue weighted by Crippen LogP contribution is 2.36. The van der Waals surface area contributed by atoms with Gasteiger partial charge in [-0.15, -0.1) is 0 Å². The van der Waals surface area contributed by atoms with Crippen molar-refractivity contribution in [2.45, 2.75) is 19.4 Å². The standard InChI is InChI=1S/C12H16BrClN2O2/c1-12(2,15-3)11(17)16-9-6-7(14)5-8(13)10(9)18-4/h5-6,15H,1-4H3,(H,16,17). The van der Waals surface area contributed by atoms with Crippen LogP contribution >= 0.6 is 27.5 Å². The predicted octanol–water partition coefficient (Wildman–Crippen LogP) is 3.05. The number of hydrogen-bond donors (Lipinski definition) is 2. The minimum atomic E-state index is -0.681. The monoisotopic (exact) mass is 334 g/mol. The van der Waals surface area contributed by atoms with E-state index in [4.69, 9.17) is 16.3 Å². The minimum absolute atomic E-state index is 0.169. The van der Waals surface area contributed by atoms with E-state index >= 15 is 0 Å². The molecular weight excluding hydrogens is 320 g/mol. The van der Waals surface area contributed by atoms with Crippen LogP contribution in [0.1, 0.15) is 13.8 Å². The van der Waals surface area contributed by atoms with Gasteiger partial charge in [0.15, 0.2) is 5.75 Å². The second-order valence-corrected chi connectivity index (χ2v) is 5.59. The van der Waals surface area contributed by atoms with Crippen molar-refractivity contribution in [2.75, 3.05) is 19.5 Å². The Bertz CT molecular complexity index is 464. The lowest BCUT2D eigenvalue weighted by Gasteiger charge is -2.23. The molecule has 4 nitrogen and oxygen atoms in total. The lowest BCUT2D eigenvalue weighted by Crippen LogP contribution is -2.47. The Hall–Kier alpha value is -0.780. The van der Waals surface area contributed by atoms with Gasteiger partial charge in [-0.3, -0.25) is 4.79 Å². The van der Waals surface area contributed by atoms with E-state index < -0.39 is 5.54 Å². The van der Waals surface area contributed by atoms with Crippen LogP contribution in [0.5, 0.6) is 5.75 Å². The third kappa shape index (κ3) is 3.37. The molecule has 6 heteroatoms. The lowest BCUT2D eigenvalue weighted by molar-refractivity contribution is -0.121. The first-order chi connectivity index (χ1) is 8.31. The smallest absolute Gasteiger partial charge is 0.244 e. The zero-order chi connectivity index (χ0) is 13.9. The van der Waals surface area contributed by atoms with Gasteiger partial charge in [-0.2, -0.15) is 0 Å². The van der Waals surface area contributed by atoms with Crippen molar-refractivity contribution in [1.82, 2.24) is 5.32 Å². The maximum atomic E-state index is 12.1. The maximum absolute atomic E-state index is 12.1. The predicted molar refractivity (Wildman–Crippen MR) is 77.5 cm³/mol. The molecule has 1 rings (SSSR count). The Kier molecular flexibility index (Phi) is 5.01. The Balaban J connectivity index is 3.08. The summed E-state index contributed by atoms with van der Waals surface area (Å²) in [6, 6.07) is 3.36. The molecule has 0 fully saturated rings. The quantitative estimate of drug-likeness (QED) is 0.889. The lowest BCUT2D eigenvalue weighted by atomic mass is 10.1. The molecule has 100 valence electrons. The number of carbonyl (C=O) groups excluding carboxylic acids is 1. The average Bonchev–Trinajstić information content (AvgIpc) is 2.28. The first-order valence-corrected chi connectivity index (χ1v) is 6.52. The summed E-state index contributed by atoms with van der Waals surface area (Å²) in [5.74, 6) is 0.372. The van der Waals surface area contributed by atoms with Crippen LogP contribution in [0.2, 0.25) is 5.02 Å². The molecule has 1 aromatic rings. The van der Waals surface area contributed by atoms with Crippen LogP contribution in [0.4, 0.5) is 5.69 Å². The van der Waals surface area contributed by atoms with E-state index in [1.165, 1.54) is 7.11 Å². The van der Waals surface area contributed by atoms with Crippen LogP contribution in [0.25, 0.3) is 0 Å². The van der Waals surface area contributed by atoms with Gasteiger partial charge in [0, 0.05) is 5.02 Å². The molecule has 18 heavy (non-hydrogen) atoms. The third-order valence-electron chi connectivity index (χ3n) is 2.65. The van der Waals surface area contributed by atoms with E-state index in [1.54, 1.807) is 33.0 Å². The van der Waals surface area contributed by atoms with Gasteiger partial charge in [0.05, 0.1) is 22.8 Å². The zero-order valence-corrected chi connectivity index (χ0v) is 13.1. The summed E-state index contributed by atoms with van der Waals surface area (Å²) < 4.78 is 5.93. The number of halogens is 2. The van der Waals surface area contributed by atoms with Gasteiger partial charge < -0.3 is 15.4 Å². The van der Waals surface area contributed by atoms with Gasteiger partial charge in [-0.05, 0) is 49.0 Å². The Morgan fingerprint density at radius 2 is 2.06 bits per heavy atom. The van der Waals surface area contributed by atoms with Crippen molar-refractivity contribution in [3.63, 3.8) is 0 Å². The summed E-state index contributed by atoms with van der Waals surface area (Å²) in [6.45, 7) is 3.57. The molecule has 0 aliphatic heterocycles. The number of nitrogens with one attached hydrogen (secondary N) is 2. The summed E-state index contributed by atoms with van der Waals surface area (Å²) in [6.07, 6.45) is 0. The Morgan fingerprint density at radius 3 is 2.56 bits per heavy atom. The van der Waals surface area contributed by atoms with Crippen LogP contribution < -0.4 is 15.4 Å². The topological polar surface area (TPSA) is 50.4 Å². The average molecular weight is 336 g/mol. The minimum Gasteiger partial charge on any atom is -0.493 e. The van der Waals surface area contributed by atoms with Crippen molar-refractivity contribution in [3.05, 3.63) is 21.6 Å². The molecule has 0 spiro atoms. The first kappa shape index (κ1) is 15.3. The molecule has 0 bridgehead atoms. The zero-order valence-electron chi connectivity index (χ0n) is 10.7. The van der Waals surface area contributed by atoms with E-state index in [9.17, 15) is 4.79 Å². The van der Waals surface area contributed by atoms with Crippen molar-refractivity contribution in [1.29, 1.82) is 0 Å². The second kappa shape index (κ2) is 5.91. The fraction of sp³-hybridized carbons (Fsp3) is 0.417. The van der Waals surface area contributed by atoms with Gasteiger partial charge in [0.25, 0.3) is 0 Å². The van der Waals surface area contributed by atoms with Crippen LogP contribution in [0.15, 0.2) is 16.6 Å². The van der Waals surface area contributed by atoms with E-state index in [0.29, 0.717) is 20.9 Å². The Labute approximate surface area is 120 Å². The molecule has 1 amide bonds. The van der Waals surface area contributed by atoms with Crippen LogP contribution in [0, 0.1) is 0 Å². The summed E-state index contributed by atoms with van der Waals surface area (Å²) >= 11 is 9.30. The van der Waals surface area contributed by atoms with Gasteiger partial charge in [0.2, 0.25) is 5.91 Å². The van der Waals surface area contributed by atoms with E-state index in [-0.39, 0.29) is 5.91 Å². The highest BCUT2D eigenvalue weighted by Gasteiger charge is 2.26.